The minimum Gasteiger partial charge on any atom is -0.481 e. The number of rotatable bonds is 1. The topological polar surface area (TPSA) is 46.5 Å². The Morgan fingerprint density at radius 3 is 2.80 bits per heavy atom. The van der Waals surface area contributed by atoms with Gasteiger partial charge < -0.3 is 9.84 Å². The van der Waals surface area contributed by atoms with Crippen molar-refractivity contribution < 1.29 is 14.6 Å². The molecule has 10 heavy (non-hydrogen) atoms. The predicted molar refractivity (Wildman–Crippen MR) is 35.7 cm³/mol. The number of carboxylic acid groups (broad SMARTS) is 1. The van der Waals surface area contributed by atoms with Gasteiger partial charge in [-0.05, 0) is 12.3 Å². The van der Waals surface area contributed by atoms with E-state index in [9.17, 15) is 4.79 Å². The first-order valence-electron chi connectivity index (χ1n) is 3.52. The van der Waals surface area contributed by atoms with E-state index in [2.05, 4.69) is 0 Å². The molecule has 0 amide bonds. The largest absolute Gasteiger partial charge is 0.481 e. The van der Waals surface area contributed by atoms with E-state index in [1.54, 1.807) is 0 Å². The molecule has 1 rings (SSSR count). The maximum atomic E-state index is 10.5. The summed E-state index contributed by atoms with van der Waals surface area (Å²) >= 11 is 0. The van der Waals surface area contributed by atoms with Crippen molar-refractivity contribution >= 4 is 5.97 Å². The standard InChI is InChI=1S/C7H12O3/c1-5-2-3-10-4-6(5)7(8)9/h5-6H,2-4H2,1H3,(H,8,9)/t5-,6+/m1/s1. The molecule has 0 aromatic rings. The maximum Gasteiger partial charge on any atom is 0.309 e. The molecule has 0 saturated carbocycles. The highest BCUT2D eigenvalue weighted by atomic mass is 16.5. The minimum absolute atomic E-state index is 0.270. The lowest BCUT2D eigenvalue weighted by Crippen LogP contribution is -2.31. The van der Waals surface area contributed by atoms with Crippen LogP contribution in [0.5, 0.6) is 0 Å². The quantitative estimate of drug-likeness (QED) is 0.590. The lowest BCUT2D eigenvalue weighted by molar-refractivity contribution is -0.148. The van der Waals surface area contributed by atoms with Gasteiger partial charge in [0.05, 0.1) is 12.5 Å². The Morgan fingerprint density at radius 2 is 2.40 bits per heavy atom. The van der Waals surface area contributed by atoms with Gasteiger partial charge in [-0.25, -0.2) is 0 Å². The molecule has 1 aliphatic heterocycles. The number of ether oxygens (including phenoxy) is 1. The molecule has 0 bridgehead atoms. The summed E-state index contributed by atoms with van der Waals surface area (Å²) in [6.07, 6.45) is 0.872. The molecule has 0 aromatic carbocycles. The third-order valence-electron chi connectivity index (χ3n) is 2.02. The molecule has 0 aromatic heterocycles. The summed E-state index contributed by atoms with van der Waals surface area (Å²) in [5.41, 5.74) is 0. The summed E-state index contributed by atoms with van der Waals surface area (Å²) in [4.78, 5) is 10.5. The lowest BCUT2D eigenvalue weighted by atomic mass is 9.90. The third kappa shape index (κ3) is 1.48. The van der Waals surface area contributed by atoms with Gasteiger partial charge in [0, 0.05) is 6.61 Å². The summed E-state index contributed by atoms with van der Waals surface area (Å²) in [5, 5.41) is 8.63. The molecule has 1 N–H and O–H groups in total. The molecule has 0 spiro atoms. The zero-order chi connectivity index (χ0) is 7.56. The summed E-state index contributed by atoms with van der Waals surface area (Å²) in [6, 6.07) is 0. The molecule has 1 aliphatic rings. The lowest BCUT2D eigenvalue weighted by Gasteiger charge is -2.24. The second-order valence-electron chi connectivity index (χ2n) is 2.79. The molecule has 58 valence electrons. The maximum absolute atomic E-state index is 10.5. The van der Waals surface area contributed by atoms with Gasteiger partial charge in [0.1, 0.15) is 0 Å². The molecule has 1 fully saturated rings. The second-order valence-corrected chi connectivity index (χ2v) is 2.79. The molecule has 1 heterocycles. The Morgan fingerprint density at radius 1 is 1.70 bits per heavy atom. The normalized spacial score (nSPS) is 33.7. The van der Waals surface area contributed by atoms with Crippen molar-refractivity contribution in [3.63, 3.8) is 0 Å². The van der Waals surface area contributed by atoms with Gasteiger partial charge in [0.2, 0.25) is 0 Å². The Balaban J connectivity index is 2.47. The van der Waals surface area contributed by atoms with E-state index >= 15 is 0 Å². The number of carbonyl (C=O) groups is 1. The third-order valence-corrected chi connectivity index (χ3v) is 2.02. The first-order valence-corrected chi connectivity index (χ1v) is 3.52. The summed E-state index contributed by atoms with van der Waals surface area (Å²) in [5.74, 6) is -0.743. The SMILES string of the molecule is C[C@@H]1CCOC[C@@H]1C(=O)O. The average molecular weight is 144 g/mol. The number of carboxylic acids is 1. The van der Waals surface area contributed by atoms with E-state index in [-0.39, 0.29) is 11.8 Å². The first-order chi connectivity index (χ1) is 4.72. The van der Waals surface area contributed by atoms with E-state index < -0.39 is 5.97 Å². The fraction of sp³-hybridized carbons (Fsp3) is 0.857. The van der Waals surface area contributed by atoms with E-state index in [0.29, 0.717) is 13.2 Å². The van der Waals surface area contributed by atoms with E-state index in [1.165, 1.54) is 0 Å². The average Bonchev–Trinajstić information content (AvgIpc) is 1.88. The molecular weight excluding hydrogens is 132 g/mol. The molecule has 0 unspecified atom stereocenters. The van der Waals surface area contributed by atoms with Crippen LogP contribution in [-0.2, 0) is 9.53 Å². The van der Waals surface area contributed by atoms with Crippen LogP contribution < -0.4 is 0 Å². The van der Waals surface area contributed by atoms with Crippen LogP contribution in [0.15, 0.2) is 0 Å². The molecule has 2 atom stereocenters. The van der Waals surface area contributed by atoms with Crippen molar-refractivity contribution in [3.8, 4) is 0 Å². The van der Waals surface area contributed by atoms with Crippen molar-refractivity contribution in [2.45, 2.75) is 13.3 Å². The Hall–Kier alpha value is -0.570. The van der Waals surface area contributed by atoms with Crippen LogP contribution in [0, 0.1) is 11.8 Å². The second kappa shape index (κ2) is 3.01. The van der Waals surface area contributed by atoms with Gasteiger partial charge in [-0.3, -0.25) is 4.79 Å². The Labute approximate surface area is 60.0 Å². The highest BCUT2D eigenvalue weighted by molar-refractivity contribution is 5.70. The highest BCUT2D eigenvalue weighted by Gasteiger charge is 2.27. The van der Waals surface area contributed by atoms with Crippen LogP contribution in [0.25, 0.3) is 0 Å². The van der Waals surface area contributed by atoms with Gasteiger partial charge in [-0.2, -0.15) is 0 Å². The monoisotopic (exact) mass is 144 g/mol. The number of hydrogen-bond acceptors (Lipinski definition) is 2. The number of aliphatic carboxylic acids is 1. The molecular formula is C7H12O3. The Kier molecular flexibility index (Phi) is 2.27. The number of hydrogen-bond donors (Lipinski definition) is 1. The first kappa shape index (κ1) is 7.54. The van der Waals surface area contributed by atoms with Crippen molar-refractivity contribution in [1.82, 2.24) is 0 Å². The molecule has 3 nitrogen and oxygen atoms in total. The fourth-order valence-electron chi connectivity index (χ4n) is 1.16. The van der Waals surface area contributed by atoms with Crippen LogP contribution in [0.2, 0.25) is 0 Å². The van der Waals surface area contributed by atoms with Crippen molar-refractivity contribution in [2.24, 2.45) is 11.8 Å². The van der Waals surface area contributed by atoms with Gasteiger partial charge in [0.25, 0.3) is 0 Å². The van der Waals surface area contributed by atoms with Gasteiger partial charge in [-0.15, -0.1) is 0 Å². The van der Waals surface area contributed by atoms with Gasteiger partial charge in [-0.1, -0.05) is 6.92 Å². The van der Waals surface area contributed by atoms with E-state index in [1.807, 2.05) is 6.92 Å². The van der Waals surface area contributed by atoms with Crippen LogP contribution in [0.4, 0.5) is 0 Å². The van der Waals surface area contributed by atoms with Crippen molar-refractivity contribution in [1.29, 1.82) is 0 Å². The van der Waals surface area contributed by atoms with Crippen LogP contribution in [0.3, 0.4) is 0 Å². The van der Waals surface area contributed by atoms with Crippen molar-refractivity contribution in [3.05, 3.63) is 0 Å². The zero-order valence-corrected chi connectivity index (χ0v) is 6.04. The molecule has 0 radical (unpaired) electrons. The smallest absolute Gasteiger partial charge is 0.309 e. The van der Waals surface area contributed by atoms with E-state index in [0.717, 1.165) is 6.42 Å². The summed E-state index contributed by atoms with van der Waals surface area (Å²) in [6.45, 7) is 3.06. The fourth-order valence-corrected chi connectivity index (χ4v) is 1.16. The van der Waals surface area contributed by atoms with E-state index in [4.69, 9.17) is 9.84 Å². The van der Waals surface area contributed by atoms with Gasteiger partial charge >= 0.3 is 5.97 Å². The van der Waals surface area contributed by atoms with Crippen molar-refractivity contribution in [2.75, 3.05) is 13.2 Å². The van der Waals surface area contributed by atoms with Gasteiger partial charge in [0.15, 0.2) is 0 Å². The van der Waals surface area contributed by atoms with Crippen LogP contribution in [-0.4, -0.2) is 24.3 Å². The van der Waals surface area contributed by atoms with Crippen LogP contribution in [0.1, 0.15) is 13.3 Å². The molecule has 0 aliphatic carbocycles. The summed E-state index contributed by atoms with van der Waals surface area (Å²) < 4.78 is 5.03. The summed E-state index contributed by atoms with van der Waals surface area (Å²) in [7, 11) is 0. The van der Waals surface area contributed by atoms with Crippen LogP contribution >= 0.6 is 0 Å². The molecule has 1 saturated heterocycles. The zero-order valence-electron chi connectivity index (χ0n) is 6.04. The minimum atomic E-state index is -0.729. The Bertz CT molecular complexity index is 133. The predicted octanol–water partition coefficient (Wildman–Crippen LogP) is 0.744. The highest BCUT2D eigenvalue weighted by Crippen LogP contribution is 2.20. The molecule has 3 heteroatoms.